The highest BCUT2D eigenvalue weighted by atomic mass is 32.1. The molecule has 3 aliphatic rings. The van der Waals surface area contributed by atoms with Crippen molar-refractivity contribution >= 4 is 46.1 Å². The standard InChI is InChI=1S/C22H21N7S.C18H24N4O3/c1-24-18-10-19(20-8-7-16-9-14(11-23)12-26-29(16)20)25-13-17(18)22-28-27-21(30-22)15-5-3-2-4-6-15;1-21(2)18(25)12-7-9-22(10-8-12)15-5-3-13(11-19-15)14-4-6-16(23)20-17(14)24/h7-10,12-13,15H,2-6H2,1H3,(H,24,25);3,5,11-12,14H,4,6-10H2,1-2H3,(H,20,23,24). The molecule has 55 heavy (non-hydrogen) atoms. The fraction of sp³-hybridized carbons (Fsp3) is 0.425. The second kappa shape index (κ2) is 16.7. The van der Waals surface area contributed by atoms with Gasteiger partial charge in [-0.15, -0.1) is 10.2 Å². The number of aromatic nitrogens is 6. The van der Waals surface area contributed by atoms with Crippen molar-refractivity contribution in [2.75, 3.05) is 44.4 Å². The lowest BCUT2D eigenvalue weighted by atomic mass is 9.90. The van der Waals surface area contributed by atoms with E-state index in [1.807, 2.05) is 49.6 Å². The summed E-state index contributed by atoms with van der Waals surface area (Å²) >= 11 is 1.68. The summed E-state index contributed by atoms with van der Waals surface area (Å²) in [5, 5.41) is 30.1. The molecule has 14 nitrogen and oxygen atoms in total. The quantitative estimate of drug-likeness (QED) is 0.193. The molecule has 5 aromatic rings. The van der Waals surface area contributed by atoms with Gasteiger partial charge in [-0.1, -0.05) is 36.7 Å². The molecule has 5 aromatic heterocycles. The van der Waals surface area contributed by atoms with Crippen LogP contribution in [0.3, 0.4) is 0 Å². The number of carbonyl (C=O) groups excluding carboxylic acids is 3. The van der Waals surface area contributed by atoms with E-state index in [0.717, 1.165) is 75.5 Å². The Labute approximate surface area is 324 Å². The van der Waals surface area contributed by atoms with Gasteiger partial charge in [0.25, 0.3) is 0 Å². The van der Waals surface area contributed by atoms with E-state index in [1.165, 1.54) is 32.1 Å². The highest BCUT2D eigenvalue weighted by Crippen LogP contribution is 2.39. The molecular formula is C40H45N11O3S. The second-order valence-corrected chi connectivity index (χ2v) is 15.5. The Kier molecular flexibility index (Phi) is 11.4. The van der Waals surface area contributed by atoms with Crippen molar-refractivity contribution in [1.82, 2.24) is 40.0 Å². The van der Waals surface area contributed by atoms with Crippen LogP contribution in [0.1, 0.15) is 85.8 Å². The van der Waals surface area contributed by atoms with Gasteiger partial charge in [0.15, 0.2) is 5.01 Å². The summed E-state index contributed by atoms with van der Waals surface area (Å²) in [5.41, 5.74) is 5.83. The third-order valence-corrected chi connectivity index (χ3v) is 11.8. The van der Waals surface area contributed by atoms with Gasteiger partial charge in [0.05, 0.1) is 40.1 Å². The summed E-state index contributed by atoms with van der Waals surface area (Å²) in [6.45, 7) is 1.60. The largest absolute Gasteiger partial charge is 0.387 e. The molecule has 0 spiro atoms. The van der Waals surface area contributed by atoms with E-state index < -0.39 is 0 Å². The van der Waals surface area contributed by atoms with Crippen LogP contribution in [0.25, 0.3) is 27.5 Å². The maximum Gasteiger partial charge on any atom is 0.234 e. The average Bonchev–Trinajstić information content (AvgIpc) is 3.89. The molecule has 1 aliphatic carbocycles. The molecule has 284 valence electrons. The van der Waals surface area contributed by atoms with Crippen LogP contribution in [0.4, 0.5) is 11.5 Å². The minimum absolute atomic E-state index is 0.0917. The molecule has 2 N–H and O–H groups in total. The Morgan fingerprint density at radius 3 is 2.45 bits per heavy atom. The van der Waals surface area contributed by atoms with E-state index in [2.05, 4.69) is 41.9 Å². The van der Waals surface area contributed by atoms with Crippen molar-refractivity contribution in [2.45, 2.75) is 69.6 Å². The number of nitrogens with one attached hydrogen (secondary N) is 2. The van der Waals surface area contributed by atoms with E-state index in [0.29, 0.717) is 24.3 Å². The summed E-state index contributed by atoms with van der Waals surface area (Å²) in [4.78, 5) is 48.3. The van der Waals surface area contributed by atoms with Crippen LogP contribution in [-0.2, 0) is 14.4 Å². The minimum Gasteiger partial charge on any atom is -0.387 e. The Balaban J connectivity index is 0.000000172. The first-order valence-electron chi connectivity index (χ1n) is 18.9. The predicted molar refractivity (Wildman–Crippen MR) is 210 cm³/mol. The highest BCUT2D eigenvalue weighted by molar-refractivity contribution is 7.14. The average molecular weight is 760 g/mol. The van der Waals surface area contributed by atoms with Crippen LogP contribution < -0.4 is 15.5 Å². The van der Waals surface area contributed by atoms with E-state index in [1.54, 1.807) is 47.2 Å². The van der Waals surface area contributed by atoms with Gasteiger partial charge >= 0.3 is 0 Å². The number of nitrogens with zero attached hydrogens (tertiary/aromatic N) is 9. The fourth-order valence-electron chi connectivity index (χ4n) is 7.61. The fourth-order valence-corrected chi connectivity index (χ4v) is 8.64. The summed E-state index contributed by atoms with van der Waals surface area (Å²) in [6.07, 6.45) is 14.0. The first-order valence-corrected chi connectivity index (χ1v) is 19.7. The van der Waals surface area contributed by atoms with Crippen LogP contribution in [-0.4, -0.2) is 86.6 Å². The number of fused-ring (bicyclic) bond motifs is 1. The van der Waals surface area contributed by atoms with Crippen molar-refractivity contribution < 1.29 is 14.4 Å². The SMILES string of the molecule is CN(C)C(=O)C1CCN(c2ccc(C3CCC(=O)NC3=O)cn2)CC1.CNc1cc(-c2ccc3cc(C#N)cnn23)ncc1-c1nnc(C2CCCCC2)s1. The molecule has 0 bridgehead atoms. The molecule has 3 fully saturated rings. The molecule has 2 saturated heterocycles. The number of amides is 3. The zero-order valence-electron chi connectivity index (χ0n) is 31.4. The maximum absolute atomic E-state index is 12.0. The number of nitriles is 1. The zero-order valence-corrected chi connectivity index (χ0v) is 32.2. The zero-order chi connectivity index (χ0) is 38.5. The summed E-state index contributed by atoms with van der Waals surface area (Å²) in [6, 6.07) is 13.7. The lowest BCUT2D eigenvalue weighted by Gasteiger charge is -2.33. The summed E-state index contributed by atoms with van der Waals surface area (Å²) in [7, 11) is 5.49. The van der Waals surface area contributed by atoms with Crippen LogP contribution in [0.2, 0.25) is 0 Å². The summed E-state index contributed by atoms with van der Waals surface area (Å²) in [5.74, 6) is 0.950. The molecule has 3 amide bonds. The third kappa shape index (κ3) is 8.34. The molecule has 15 heteroatoms. The minimum atomic E-state index is -0.303. The van der Waals surface area contributed by atoms with E-state index in [-0.39, 0.29) is 29.6 Å². The number of hydrogen-bond donors (Lipinski definition) is 2. The number of rotatable bonds is 7. The van der Waals surface area contributed by atoms with Crippen molar-refractivity contribution in [2.24, 2.45) is 5.92 Å². The van der Waals surface area contributed by atoms with Crippen molar-refractivity contribution in [3.63, 3.8) is 0 Å². The Morgan fingerprint density at radius 2 is 1.76 bits per heavy atom. The monoisotopic (exact) mass is 759 g/mol. The molecule has 0 radical (unpaired) electrons. The first-order chi connectivity index (χ1) is 26.7. The molecule has 1 atom stereocenters. The number of imide groups is 1. The van der Waals surface area contributed by atoms with Gasteiger partial charge in [-0.3, -0.25) is 24.7 Å². The van der Waals surface area contributed by atoms with Crippen molar-refractivity contribution in [1.29, 1.82) is 5.26 Å². The highest BCUT2D eigenvalue weighted by Gasteiger charge is 2.30. The maximum atomic E-state index is 12.0. The van der Waals surface area contributed by atoms with Gasteiger partial charge in [0.1, 0.15) is 16.9 Å². The van der Waals surface area contributed by atoms with Gasteiger partial charge in [-0.25, -0.2) is 9.50 Å². The van der Waals surface area contributed by atoms with E-state index >= 15 is 0 Å². The number of piperidine rings is 2. The number of pyridine rings is 2. The van der Waals surface area contributed by atoms with Gasteiger partial charge in [-0.05, 0) is 68.0 Å². The van der Waals surface area contributed by atoms with Crippen LogP contribution in [0.5, 0.6) is 0 Å². The Bertz CT molecular complexity index is 2210. The van der Waals surface area contributed by atoms with Gasteiger partial charge in [-0.2, -0.15) is 10.4 Å². The Hall–Kier alpha value is -5.75. The van der Waals surface area contributed by atoms with Crippen molar-refractivity contribution in [3.8, 4) is 28.0 Å². The smallest absolute Gasteiger partial charge is 0.234 e. The molecule has 7 heterocycles. The topological polar surface area (TPSA) is 174 Å². The van der Waals surface area contributed by atoms with Crippen molar-refractivity contribution in [3.05, 3.63) is 71.1 Å². The molecule has 1 unspecified atom stereocenters. The van der Waals surface area contributed by atoms with Gasteiger partial charge < -0.3 is 15.1 Å². The van der Waals surface area contributed by atoms with Crippen LogP contribution in [0.15, 0.2) is 55.0 Å². The van der Waals surface area contributed by atoms with Crippen LogP contribution in [0, 0.1) is 17.2 Å². The van der Waals surface area contributed by atoms with Gasteiger partial charge in [0, 0.05) is 70.6 Å². The molecule has 1 saturated carbocycles. The van der Waals surface area contributed by atoms with Gasteiger partial charge in [0.2, 0.25) is 17.7 Å². The predicted octanol–water partition coefficient (Wildman–Crippen LogP) is 5.78. The molecule has 2 aliphatic heterocycles. The normalized spacial score (nSPS) is 17.9. The van der Waals surface area contributed by atoms with E-state index in [4.69, 9.17) is 10.2 Å². The Morgan fingerprint density at radius 1 is 0.964 bits per heavy atom. The number of anilines is 2. The van der Waals surface area contributed by atoms with E-state index in [9.17, 15) is 14.4 Å². The molecule has 0 aromatic carbocycles. The first kappa shape index (κ1) is 37.6. The third-order valence-electron chi connectivity index (χ3n) is 10.7. The summed E-state index contributed by atoms with van der Waals surface area (Å²) < 4.78 is 1.80. The molecular weight excluding hydrogens is 715 g/mol. The number of hydrogen-bond acceptors (Lipinski definition) is 12. The van der Waals surface area contributed by atoms with Crippen LogP contribution >= 0.6 is 11.3 Å². The second-order valence-electron chi connectivity index (χ2n) is 14.5. The lowest BCUT2D eigenvalue weighted by molar-refractivity contribution is -0.135. The lowest BCUT2D eigenvalue weighted by Crippen LogP contribution is -2.40. The molecule has 8 rings (SSSR count). The number of carbonyl (C=O) groups is 3.